The van der Waals surface area contributed by atoms with Crippen LogP contribution >= 0.6 is 0 Å². The SMILES string of the molecule is CNS(=O)(=O)c1cc(C(=O)NCCC2=CCCCC2)ccc1OC. The van der Waals surface area contributed by atoms with Crippen molar-refractivity contribution in [3.63, 3.8) is 0 Å². The smallest absolute Gasteiger partial charge is 0.251 e. The maximum absolute atomic E-state index is 12.3. The lowest BCUT2D eigenvalue weighted by Crippen LogP contribution is -2.26. The molecular weight excluding hydrogens is 328 g/mol. The highest BCUT2D eigenvalue weighted by Gasteiger charge is 2.20. The number of ether oxygens (including phenoxy) is 1. The van der Waals surface area contributed by atoms with Gasteiger partial charge in [0.2, 0.25) is 10.0 Å². The standard InChI is InChI=1S/C17H24N2O4S/c1-18-24(21,22)16-12-14(8-9-15(16)23-2)17(20)19-11-10-13-6-4-3-5-7-13/h6,8-9,12,18H,3-5,7,10-11H2,1-2H3,(H,19,20). The Hall–Kier alpha value is -1.86. The number of rotatable bonds is 7. The van der Waals surface area contributed by atoms with Crippen molar-refractivity contribution < 1.29 is 17.9 Å². The van der Waals surface area contributed by atoms with Crippen LogP contribution < -0.4 is 14.8 Å². The van der Waals surface area contributed by atoms with Crippen LogP contribution in [0.1, 0.15) is 42.5 Å². The number of methoxy groups -OCH3 is 1. The third kappa shape index (κ3) is 4.58. The molecule has 0 aromatic heterocycles. The molecular formula is C17H24N2O4S. The topological polar surface area (TPSA) is 84.5 Å². The molecule has 0 radical (unpaired) electrons. The number of carbonyl (C=O) groups excluding carboxylic acids is 1. The second-order valence-electron chi connectivity index (χ2n) is 5.69. The Morgan fingerprint density at radius 1 is 1.29 bits per heavy atom. The molecule has 0 bridgehead atoms. The van der Waals surface area contributed by atoms with E-state index >= 15 is 0 Å². The van der Waals surface area contributed by atoms with Gasteiger partial charge in [-0.2, -0.15) is 0 Å². The molecule has 1 aromatic carbocycles. The van der Waals surface area contributed by atoms with Gasteiger partial charge >= 0.3 is 0 Å². The average Bonchev–Trinajstić information content (AvgIpc) is 2.62. The summed E-state index contributed by atoms with van der Waals surface area (Å²) in [6, 6.07) is 4.38. The van der Waals surface area contributed by atoms with Crippen LogP contribution in [0.3, 0.4) is 0 Å². The minimum absolute atomic E-state index is 0.0462. The van der Waals surface area contributed by atoms with Crippen molar-refractivity contribution in [2.75, 3.05) is 20.7 Å². The minimum Gasteiger partial charge on any atom is -0.495 e. The van der Waals surface area contributed by atoms with E-state index in [1.165, 1.54) is 44.7 Å². The van der Waals surface area contributed by atoms with Gasteiger partial charge in [-0.05, 0) is 57.4 Å². The number of sulfonamides is 1. The third-order valence-corrected chi connectivity index (χ3v) is 5.54. The fourth-order valence-corrected chi connectivity index (χ4v) is 3.63. The second-order valence-corrected chi connectivity index (χ2v) is 7.54. The van der Waals surface area contributed by atoms with E-state index in [9.17, 15) is 13.2 Å². The molecule has 0 fully saturated rings. The Bertz CT molecular complexity index is 726. The predicted octanol–water partition coefficient (Wildman–Crippen LogP) is 2.22. The summed E-state index contributed by atoms with van der Waals surface area (Å²) in [5, 5.41) is 2.84. The molecule has 0 heterocycles. The molecule has 0 spiro atoms. The van der Waals surface area contributed by atoms with Gasteiger partial charge in [0.25, 0.3) is 5.91 Å². The monoisotopic (exact) mass is 352 g/mol. The van der Waals surface area contributed by atoms with E-state index in [1.54, 1.807) is 6.07 Å². The van der Waals surface area contributed by atoms with E-state index in [-0.39, 0.29) is 16.6 Å². The van der Waals surface area contributed by atoms with Gasteiger partial charge in [-0.1, -0.05) is 11.6 Å². The molecule has 0 aliphatic heterocycles. The van der Waals surface area contributed by atoms with Crippen LogP contribution in [-0.2, 0) is 10.0 Å². The summed E-state index contributed by atoms with van der Waals surface area (Å²) in [4.78, 5) is 12.2. The number of carbonyl (C=O) groups is 1. The van der Waals surface area contributed by atoms with Gasteiger partial charge in [-0.3, -0.25) is 4.79 Å². The van der Waals surface area contributed by atoms with E-state index in [0.717, 1.165) is 19.3 Å². The summed E-state index contributed by atoms with van der Waals surface area (Å²) in [5.74, 6) is -0.0881. The van der Waals surface area contributed by atoms with E-state index in [4.69, 9.17) is 4.74 Å². The van der Waals surface area contributed by atoms with Crippen molar-refractivity contribution in [3.8, 4) is 5.75 Å². The van der Waals surface area contributed by atoms with Crippen molar-refractivity contribution in [2.45, 2.75) is 37.0 Å². The zero-order valence-electron chi connectivity index (χ0n) is 14.1. The molecule has 24 heavy (non-hydrogen) atoms. The first-order chi connectivity index (χ1) is 11.5. The average molecular weight is 352 g/mol. The largest absolute Gasteiger partial charge is 0.495 e. The Morgan fingerprint density at radius 3 is 2.71 bits per heavy atom. The van der Waals surface area contributed by atoms with Gasteiger partial charge in [0.15, 0.2) is 0 Å². The Labute approximate surface area is 143 Å². The molecule has 2 N–H and O–H groups in total. The van der Waals surface area contributed by atoms with Gasteiger partial charge in [0, 0.05) is 12.1 Å². The molecule has 0 unspecified atom stereocenters. The van der Waals surface area contributed by atoms with E-state index in [0.29, 0.717) is 12.1 Å². The van der Waals surface area contributed by atoms with E-state index < -0.39 is 10.0 Å². The van der Waals surface area contributed by atoms with Gasteiger partial charge in [-0.15, -0.1) is 0 Å². The minimum atomic E-state index is -3.70. The summed E-state index contributed by atoms with van der Waals surface area (Å²) in [5.41, 5.74) is 1.68. The molecule has 1 aromatic rings. The van der Waals surface area contributed by atoms with Crippen LogP contribution in [0.5, 0.6) is 5.75 Å². The van der Waals surface area contributed by atoms with Crippen LogP contribution in [0, 0.1) is 0 Å². The summed E-state index contributed by atoms with van der Waals surface area (Å²) in [6.07, 6.45) is 7.76. The maximum atomic E-state index is 12.3. The maximum Gasteiger partial charge on any atom is 0.251 e. The molecule has 0 saturated carbocycles. The Balaban J connectivity index is 2.06. The number of allylic oxidation sites excluding steroid dienone is 1. The Morgan fingerprint density at radius 2 is 2.08 bits per heavy atom. The van der Waals surface area contributed by atoms with Gasteiger partial charge < -0.3 is 10.1 Å². The first-order valence-corrected chi connectivity index (χ1v) is 9.54. The summed E-state index contributed by atoms with van der Waals surface area (Å²) in [6.45, 7) is 0.546. The highest BCUT2D eigenvalue weighted by molar-refractivity contribution is 7.89. The predicted molar refractivity (Wildman–Crippen MR) is 92.7 cm³/mol. The fraction of sp³-hybridized carbons (Fsp3) is 0.471. The Kier molecular flexibility index (Phi) is 6.39. The molecule has 1 amide bonds. The highest BCUT2D eigenvalue weighted by atomic mass is 32.2. The molecule has 6 nitrogen and oxygen atoms in total. The zero-order chi connectivity index (χ0) is 17.6. The van der Waals surface area contributed by atoms with Crippen LogP contribution in [0.4, 0.5) is 0 Å². The molecule has 1 aliphatic carbocycles. The van der Waals surface area contributed by atoms with Gasteiger partial charge in [0.1, 0.15) is 10.6 Å². The normalized spacial score (nSPS) is 14.8. The molecule has 2 rings (SSSR count). The first-order valence-electron chi connectivity index (χ1n) is 8.05. The molecule has 132 valence electrons. The van der Waals surface area contributed by atoms with Crippen LogP contribution in [0.15, 0.2) is 34.7 Å². The number of hydrogen-bond donors (Lipinski definition) is 2. The van der Waals surface area contributed by atoms with Crippen molar-refractivity contribution in [2.24, 2.45) is 0 Å². The van der Waals surface area contributed by atoms with Gasteiger partial charge in [-0.25, -0.2) is 13.1 Å². The molecule has 0 saturated heterocycles. The first kappa shape index (κ1) is 18.5. The van der Waals surface area contributed by atoms with Crippen molar-refractivity contribution in [3.05, 3.63) is 35.4 Å². The van der Waals surface area contributed by atoms with Crippen molar-refractivity contribution >= 4 is 15.9 Å². The fourth-order valence-electron chi connectivity index (χ4n) is 2.71. The molecule has 1 aliphatic rings. The van der Waals surface area contributed by atoms with Gasteiger partial charge in [0.05, 0.1) is 7.11 Å². The van der Waals surface area contributed by atoms with E-state index in [1.807, 2.05) is 0 Å². The molecule has 0 atom stereocenters. The number of nitrogens with one attached hydrogen (secondary N) is 2. The highest BCUT2D eigenvalue weighted by Crippen LogP contribution is 2.24. The van der Waals surface area contributed by atoms with Crippen molar-refractivity contribution in [1.29, 1.82) is 0 Å². The number of benzene rings is 1. The number of hydrogen-bond acceptors (Lipinski definition) is 4. The van der Waals surface area contributed by atoms with Crippen LogP contribution in [-0.4, -0.2) is 35.0 Å². The third-order valence-electron chi connectivity index (χ3n) is 4.10. The summed E-state index contributed by atoms with van der Waals surface area (Å²) in [7, 11) is -0.989. The zero-order valence-corrected chi connectivity index (χ0v) is 14.9. The van der Waals surface area contributed by atoms with Crippen LogP contribution in [0.2, 0.25) is 0 Å². The number of amides is 1. The quantitative estimate of drug-likeness (QED) is 0.737. The van der Waals surface area contributed by atoms with Crippen molar-refractivity contribution in [1.82, 2.24) is 10.0 Å². The van der Waals surface area contributed by atoms with E-state index in [2.05, 4.69) is 16.1 Å². The second kappa shape index (κ2) is 8.30. The molecule has 7 heteroatoms. The summed E-state index contributed by atoms with van der Waals surface area (Å²) < 4.78 is 31.4. The summed E-state index contributed by atoms with van der Waals surface area (Å²) >= 11 is 0. The lowest BCUT2D eigenvalue weighted by molar-refractivity contribution is 0.0953. The lowest BCUT2D eigenvalue weighted by Gasteiger charge is -2.13. The lowest BCUT2D eigenvalue weighted by atomic mass is 9.97. The van der Waals surface area contributed by atoms with Crippen LogP contribution in [0.25, 0.3) is 0 Å².